The number of nitrogens with one attached hydrogen (secondary N) is 2. The van der Waals surface area contributed by atoms with Crippen molar-refractivity contribution < 1.29 is 9.59 Å². The van der Waals surface area contributed by atoms with E-state index in [1.165, 1.54) is 5.69 Å². The summed E-state index contributed by atoms with van der Waals surface area (Å²) >= 11 is 5.81. The number of halogens is 1. The van der Waals surface area contributed by atoms with Crippen molar-refractivity contribution in [3.05, 3.63) is 65.2 Å². The molecule has 0 bridgehead atoms. The zero-order chi connectivity index (χ0) is 20.2. The number of hydrogen-bond donors (Lipinski definition) is 2. The smallest absolute Gasteiger partial charge is 0.251 e. The molecule has 2 amide bonds. The molecule has 0 saturated heterocycles. The monoisotopic (exact) mass is 401 g/mol. The fourth-order valence-corrected chi connectivity index (χ4v) is 2.97. The predicted octanol–water partition coefficient (Wildman–Crippen LogP) is 3.88. The molecule has 0 heterocycles. The molecule has 0 saturated carbocycles. The number of nitrogens with zero attached hydrogens (tertiary/aromatic N) is 1. The summed E-state index contributed by atoms with van der Waals surface area (Å²) in [5.74, 6) is -0.138. The van der Waals surface area contributed by atoms with E-state index in [9.17, 15) is 9.59 Å². The Morgan fingerprint density at radius 3 is 2.29 bits per heavy atom. The average molecular weight is 402 g/mol. The summed E-state index contributed by atoms with van der Waals surface area (Å²) in [5, 5.41) is 6.36. The van der Waals surface area contributed by atoms with Gasteiger partial charge in [0.1, 0.15) is 0 Å². The lowest BCUT2D eigenvalue weighted by Gasteiger charge is -2.23. The molecule has 5 nitrogen and oxygen atoms in total. The lowest BCUT2D eigenvalue weighted by Crippen LogP contribution is -2.30. The first-order valence-corrected chi connectivity index (χ1v) is 10.1. The molecule has 0 aliphatic heterocycles. The second kappa shape index (κ2) is 12.0. The zero-order valence-electron chi connectivity index (χ0n) is 16.3. The third-order valence-corrected chi connectivity index (χ3v) is 4.65. The van der Waals surface area contributed by atoms with E-state index in [0.717, 1.165) is 19.5 Å². The van der Waals surface area contributed by atoms with Gasteiger partial charge in [0.2, 0.25) is 5.91 Å². The Bertz CT molecular complexity index is 735. The first-order chi connectivity index (χ1) is 13.6. The molecule has 0 aliphatic carbocycles. The summed E-state index contributed by atoms with van der Waals surface area (Å²) in [6.45, 7) is 5.08. The van der Waals surface area contributed by atoms with Gasteiger partial charge >= 0.3 is 0 Å². The van der Waals surface area contributed by atoms with E-state index in [1.807, 2.05) is 18.2 Å². The molecule has 28 heavy (non-hydrogen) atoms. The summed E-state index contributed by atoms with van der Waals surface area (Å²) in [5.41, 5.74) is 1.76. The Morgan fingerprint density at radius 1 is 0.929 bits per heavy atom. The van der Waals surface area contributed by atoms with Crippen LogP contribution in [0.25, 0.3) is 0 Å². The third-order valence-electron chi connectivity index (χ3n) is 4.40. The Balaban J connectivity index is 1.56. The van der Waals surface area contributed by atoms with Crippen LogP contribution in [0.15, 0.2) is 54.6 Å². The van der Waals surface area contributed by atoms with Crippen molar-refractivity contribution >= 4 is 29.1 Å². The van der Waals surface area contributed by atoms with Gasteiger partial charge in [0.05, 0.1) is 0 Å². The van der Waals surface area contributed by atoms with Gasteiger partial charge in [0, 0.05) is 48.9 Å². The highest BCUT2D eigenvalue weighted by atomic mass is 35.5. The van der Waals surface area contributed by atoms with E-state index in [2.05, 4.69) is 34.6 Å². The van der Waals surface area contributed by atoms with Crippen LogP contribution in [0.2, 0.25) is 5.02 Å². The van der Waals surface area contributed by atoms with Crippen LogP contribution in [0.5, 0.6) is 0 Å². The maximum atomic E-state index is 12.0. The molecule has 0 aliphatic rings. The van der Waals surface area contributed by atoms with Crippen LogP contribution in [0.4, 0.5) is 5.69 Å². The maximum absolute atomic E-state index is 12.0. The maximum Gasteiger partial charge on any atom is 0.251 e. The van der Waals surface area contributed by atoms with Crippen LogP contribution in [0.1, 0.15) is 36.5 Å². The van der Waals surface area contributed by atoms with Gasteiger partial charge in [0.25, 0.3) is 5.91 Å². The van der Waals surface area contributed by atoms with Crippen LogP contribution in [-0.4, -0.2) is 38.0 Å². The molecule has 2 rings (SSSR count). The van der Waals surface area contributed by atoms with Gasteiger partial charge in [-0.15, -0.1) is 0 Å². The number of carbonyl (C=O) groups excluding carboxylic acids is 2. The first kappa shape index (κ1) is 21.8. The fraction of sp³-hybridized carbons (Fsp3) is 0.364. The summed E-state index contributed by atoms with van der Waals surface area (Å²) in [6, 6.07) is 17.0. The lowest BCUT2D eigenvalue weighted by molar-refractivity contribution is -0.121. The molecule has 2 aromatic rings. The van der Waals surface area contributed by atoms with E-state index < -0.39 is 0 Å². The number of rotatable bonds is 11. The average Bonchev–Trinajstić information content (AvgIpc) is 2.72. The molecule has 0 unspecified atom stereocenters. The van der Waals surface area contributed by atoms with Gasteiger partial charge in [-0.3, -0.25) is 9.59 Å². The zero-order valence-corrected chi connectivity index (χ0v) is 17.0. The minimum atomic E-state index is -0.155. The summed E-state index contributed by atoms with van der Waals surface area (Å²) in [6.07, 6.45) is 1.90. The van der Waals surface area contributed by atoms with Crippen LogP contribution < -0.4 is 15.5 Å². The Morgan fingerprint density at radius 2 is 1.61 bits per heavy atom. The summed E-state index contributed by atoms with van der Waals surface area (Å²) < 4.78 is 0. The van der Waals surface area contributed by atoms with Gasteiger partial charge in [-0.1, -0.05) is 29.8 Å². The Labute approximate surface area is 172 Å². The van der Waals surface area contributed by atoms with Crippen molar-refractivity contribution in [2.75, 3.05) is 31.1 Å². The van der Waals surface area contributed by atoms with Gasteiger partial charge in [-0.25, -0.2) is 0 Å². The summed E-state index contributed by atoms with van der Waals surface area (Å²) in [4.78, 5) is 26.2. The highest BCUT2D eigenvalue weighted by molar-refractivity contribution is 6.30. The topological polar surface area (TPSA) is 61.4 Å². The first-order valence-electron chi connectivity index (χ1n) is 9.70. The minimum absolute atomic E-state index is 0.0171. The minimum Gasteiger partial charge on any atom is -0.372 e. The van der Waals surface area contributed by atoms with Crippen molar-refractivity contribution in [3.8, 4) is 0 Å². The van der Waals surface area contributed by atoms with Crippen molar-refractivity contribution in [1.82, 2.24) is 10.6 Å². The fourth-order valence-electron chi connectivity index (χ4n) is 2.85. The molecule has 0 fully saturated rings. The van der Waals surface area contributed by atoms with E-state index in [0.29, 0.717) is 36.5 Å². The molecule has 0 aromatic heterocycles. The van der Waals surface area contributed by atoms with Crippen molar-refractivity contribution in [2.45, 2.75) is 26.2 Å². The lowest BCUT2D eigenvalue weighted by atomic mass is 10.2. The van der Waals surface area contributed by atoms with Crippen LogP contribution in [0, 0.1) is 0 Å². The molecule has 0 spiro atoms. The number of hydrogen-bond acceptors (Lipinski definition) is 3. The number of benzene rings is 2. The van der Waals surface area contributed by atoms with Gasteiger partial charge in [-0.2, -0.15) is 0 Å². The second-order valence-electron chi connectivity index (χ2n) is 6.49. The van der Waals surface area contributed by atoms with E-state index in [-0.39, 0.29) is 11.8 Å². The van der Waals surface area contributed by atoms with Crippen molar-refractivity contribution in [2.24, 2.45) is 0 Å². The van der Waals surface area contributed by atoms with Gasteiger partial charge in [-0.05, 0) is 56.2 Å². The standard InChI is InChI=1S/C22H28ClN3O2/c1-2-26(20-8-4-3-5-9-20)17-7-16-24-21(27)10-6-15-25-22(28)18-11-13-19(23)14-12-18/h3-5,8-9,11-14H,2,6-7,10,15-17H2,1H3,(H,24,27)(H,25,28). The molecule has 0 radical (unpaired) electrons. The van der Waals surface area contributed by atoms with Crippen LogP contribution in [-0.2, 0) is 4.79 Å². The largest absolute Gasteiger partial charge is 0.372 e. The molecular formula is C22H28ClN3O2. The predicted molar refractivity (Wildman–Crippen MR) is 115 cm³/mol. The van der Waals surface area contributed by atoms with Crippen LogP contribution >= 0.6 is 11.6 Å². The number of carbonyl (C=O) groups is 2. The SMILES string of the molecule is CCN(CCCNC(=O)CCCNC(=O)c1ccc(Cl)cc1)c1ccccc1. The molecule has 6 heteroatoms. The highest BCUT2D eigenvalue weighted by Crippen LogP contribution is 2.12. The number of amides is 2. The molecule has 0 atom stereocenters. The molecule has 150 valence electrons. The molecule has 2 aromatic carbocycles. The van der Waals surface area contributed by atoms with E-state index in [1.54, 1.807) is 24.3 Å². The summed E-state index contributed by atoms with van der Waals surface area (Å²) in [7, 11) is 0. The quantitative estimate of drug-likeness (QED) is 0.561. The van der Waals surface area contributed by atoms with Crippen molar-refractivity contribution in [1.29, 1.82) is 0 Å². The number of para-hydroxylation sites is 1. The Hall–Kier alpha value is -2.53. The van der Waals surface area contributed by atoms with Crippen molar-refractivity contribution in [3.63, 3.8) is 0 Å². The number of anilines is 1. The van der Waals surface area contributed by atoms with Gasteiger partial charge in [0.15, 0.2) is 0 Å². The van der Waals surface area contributed by atoms with Crippen LogP contribution in [0.3, 0.4) is 0 Å². The third kappa shape index (κ3) is 7.61. The highest BCUT2D eigenvalue weighted by Gasteiger charge is 2.06. The Kier molecular flexibility index (Phi) is 9.35. The molecule has 2 N–H and O–H groups in total. The van der Waals surface area contributed by atoms with E-state index in [4.69, 9.17) is 11.6 Å². The van der Waals surface area contributed by atoms with E-state index >= 15 is 0 Å². The van der Waals surface area contributed by atoms with Gasteiger partial charge < -0.3 is 15.5 Å². The second-order valence-corrected chi connectivity index (χ2v) is 6.92. The normalized spacial score (nSPS) is 10.4. The molecular weight excluding hydrogens is 374 g/mol.